The van der Waals surface area contributed by atoms with E-state index in [0.29, 0.717) is 13.2 Å². The highest BCUT2D eigenvalue weighted by Crippen LogP contribution is 2.17. The molecule has 0 saturated heterocycles. The second-order valence-electron chi connectivity index (χ2n) is 3.69. The Morgan fingerprint density at radius 1 is 1.05 bits per heavy atom. The van der Waals surface area contributed by atoms with Gasteiger partial charge in [0.15, 0.2) is 0 Å². The van der Waals surface area contributed by atoms with Gasteiger partial charge in [-0.15, -0.1) is 24.8 Å². The number of aliphatic hydroxyl groups excluding tert-OH is 1. The Morgan fingerprint density at radius 2 is 1.74 bits per heavy atom. The van der Waals surface area contributed by atoms with Crippen LogP contribution in [0.2, 0.25) is 0 Å². The van der Waals surface area contributed by atoms with E-state index in [9.17, 15) is 0 Å². The fourth-order valence-electron chi connectivity index (χ4n) is 1.55. The lowest BCUT2D eigenvalue weighted by atomic mass is 10.2. The number of aliphatic hydroxyl groups is 1. The van der Waals surface area contributed by atoms with Crippen LogP contribution in [0, 0.1) is 0 Å². The van der Waals surface area contributed by atoms with Crippen molar-refractivity contribution in [1.82, 2.24) is 10.6 Å². The number of ether oxygens (including phenoxy) is 1. The first-order valence-electron chi connectivity index (χ1n) is 6.11. The minimum absolute atomic E-state index is 0. The molecule has 1 aromatic carbocycles. The third-order valence-corrected chi connectivity index (χ3v) is 2.36. The van der Waals surface area contributed by atoms with Crippen LogP contribution in [0.3, 0.4) is 0 Å². The summed E-state index contributed by atoms with van der Waals surface area (Å²) in [4.78, 5) is 0. The maximum Gasteiger partial charge on any atom is 0.123 e. The molecule has 0 fully saturated rings. The van der Waals surface area contributed by atoms with Crippen LogP contribution in [0.15, 0.2) is 24.3 Å². The first kappa shape index (κ1) is 20.8. The van der Waals surface area contributed by atoms with Gasteiger partial charge in [-0.3, -0.25) is 0 Å². The van der Waals surface area contributed by atoms with Crippen molar-refractivity contribution in [2.24, 2.45) is 0 Å². The number of hydrogen-bond donors (Lipinski definition) is 3. The molecule has 0 spiro atoms. The Balaban J connectivity index is 0. The third-order valence-electron chi connectivity index (χ3n) is 2.36. The van der Waals surface area contributed by atoms with E-state index in [4.69, 9.17) is 9.84 Å². The van der Waals surface area contributed by atoms with E-state index < -0.39 is 0 Å². The van der Waals surface area contributed by atoms with Gasteiger partial charge in [0.25, 0.3) is 0 Å². The molecule has 0 radical (unpaired) electrons. The van der Waals surface area contributed by atoms with E-state index in [1.165, 1.54) is 5.56 Å². The van der Waals surface area contributed by atoms with Crippen molar-refractivity contribution in [1.29, 1.82) is 0 Å². The van der Waals surface area contributed by atoms with E-state index in [0.717, 1.165) is 25.4 Å². The molecule has 0 aliphatic rings. The van der Waals surface area contributed by atoms with Crippen LogP contribution in [-0.2, 0) is 6.54 Å². The van der Waals surface area contributed by atoms with Gasteiger partial charge in [0, 0.05) is 31.7 Å². The van der Waals surface area contributed by atoms with Crippen molar-refractivity contribution in [2.45, 2.75) is 13.5 Å². The molecule has 0 saturated carbocycles. The Morgan fingerprint density at radius 3 is 2.42 bits per heavy atom. The van der Waals surface area contributed by atoms with Gasteiger partial charge in [0.1, 0.15) is 5.75 Å². The average molecular weight is 311 g/mol. The van der Waals surface area contributed by atoms with Crippen molar-refractivity contribution in [3.8, 4) is 5.75 Å². The number of para-hydroxylation sites is 1. The lowest BCUT2D eigenvalue weighted by Crippen LogP contribution is -2.28. The molecule has 0 unspecified atom stereocenters. The summed E-state index contributed by atoms with van der Waals surface area (Å²) in [5.41, 5.74) is 1.18. The van der Waals surface area contributed by atoms with Crippen LogP contribution < -0.4 is 15.4 Å². The topological polar surface area (TPSA) is 53.5 Å². The SMILES string of the molecule is CCOc1ccccc1CNCCNCCO.Cl.Cl. The summed E-state index contributed by atoms with van der Waals surface area (Å²) in [5.74, 6) is 0.950. The summed E-state index contributed by atoms with van der Waals surface area (Å²) in [5, 5.41) is 15.0. The first-order chi connectivity index (χ1) is 8.38. The minimum Gasteiger partial charge on any atom is -0.494 e. The van der Waals surface area contributed by atoms with Crippen LogP contribution in [0.5, 0.6) is 5.75 Å². The number of halogens is 2. The normalized spacial score (nSPS) is 9.37. The van der Waals surface area contributed by atoms with Gasteiger partial charge in [0.05, 0.1) is 13.2 Å². The molecule has 0 aliphatic heterocycles. The van der Waals surface area contributed by atoms with E-state index >= 15 is 0 Å². The van der Waals surface area contributed by atoms with Crippen molar-refractivity contribution in [3.05, 3.63) is 29.8 Å². The Kier molecular flexibility index (Phi) is 15.2. The molecule has 4 nitrogen and oxygen atoms in total. The Hall–Kier alpha value is -0.520. The second-order valence-corrected chi connectivity index (χ2v) is 3.69. The van der Waals surface area contributed by atoms with Gasteiger partial charge in [-0.25, -0.2) is 0 Å². The molecule has 112 valence electrons. The van der Waals surface area contributed by atoms with Crippen LogP contribution in [-0.4, -0.2) is 38.0 Å². The number of hydrogen-bond acceptors (Lipinski definition) is 4. The minimum atomic E-state index is 0. The first-order valence-corrected chi connectivity index (χ1v) is 6.11. The van der Waals surface area contributed by atoms with Crippen molar-refractivity contribution < 1.29 is 9.84 Å². The summed E-state index contributed by atoms with van der Waals surface area (Å²) in [7, 11) is 0. The molecule has 0 bridgehead atoms. The molecular formula is C13H24Cl2N2O2. The van der Waals surface area contributed by atoms with Gasteiger partial charge in [-0.05, 0) is 13.0 Å². The maximum absolute atomic E-state index is 8.60. The second kappa shape index (κ2) is 13.9. The van der Waals surface area contributed by atoms with Crippen LogP contribution in [0.4, 0.5) is 0 Å². The van der Waals surface area contributed by atoms with Crippen molar-refractivity contribution in [3.63, 3.8) is 0 Å². The number of rotatable bonds is 9. The van der Waals surface area contributed by atoms with E-state index in [-0.39, 0.29) is 31.4 Å². The average Bonchev–Trinajstić information content (AvgIpc) is 2.36. The summed E-state index contributed by atoms with van der Waals surface area (Å²) in [6, 6.07) is 8.06. The van der Waals surface area contributed by atoms with Crippen molar-refractivity contribution >= 4 is 24.8 Å². The van der Waals surface area contributed by atoms with Crippen LogP contribution >= 0.6 is 24.8 Å². The molecule has 6 heteroatoms. The fourth-order valence-corrected chi connectivity index (χ4v) is 1.55. The van der Waals surface area contributed by atoms with Crippen LogP contribution in [0.25, 0.3) is 0 Å². The highest BCUT2D eigenvalue weighted by Gasteiger charge is 2.00. The quantitative estimate of drug-likeness (QED) is 0.607. The van der Waals surface area contributed by atoms with Crippen LogP contribution in [0.1, 0.15) is 12.5 Å². The van der Waals surface area contributed by atoms with Crippen molar-refractivity contribution in [2.75, 3.05) is 32.8 Å². The molecule has 0 aromatic heterocycles. The Bertz CT molecular complexity index is 314. The highest BCUT2D eigenvalue weighted by molar-refractivity contribution is 5.85. The number of benzene rings is 1. The standard InChI is InChI=1S/C13H22N2O2.2ClH/c1-2-17-13-6-4-3-5-12(13)11-15-8-7-14-9-10-16;;/h3-6,14-16H,2,7-11H2,1H3;2*1H. The van der Waals surface area contributed by atoms with E-state index in [1.54, 1.807) is 0 Å². The zero-order chi connectivity index (χ0) is 12.3. The monoisotopic (exact) mass is 310 g/mol. The zero-order valence-electron chi connectivity index (χ0n) is 11.2. The smallest absolute Gasteiger partial charge is 0.123 e. The molecule has 19 heavy (non-hydrogen) atoms. The van der Waals surface area contributed by atoms with Gasteiger partial charge in [0.2, 0.25) is 0 Å². The predicted molar refractivity (Wildman–Crippen MR) is 83.8 cm³/mol. The van der Waals surface area contributed by atoms with Gasteiger partial charge in [-0.1, -0.05) is 18.2 Å². The molecule has 0 amide bonds. The fraction of sp³-hybridized carbons (Fsp3) is 0.538. The maximum atomic E-state index is 8.60. The molecular weight excluding hydrogens is 287 g/mol. The largest absolute Gasteiger partial charge is 0.494 e. The molecule has 1 rings (SSSR count). The molecule has 0 aliphatic carbocycles. The highest BCUT2D eigenvalue weighted by atomic mass is 35.5. The van der Waals surface area contributed by atoms with E-state index in [1.807, 2.05) is 25.1 Å². The number of nitrogens with one attached hydrogen (secondary N) is 2. The van der Waals surface area contributed by atoms with Gasteiger partial charge in [-0.2, -0.15) is 0 Å². The van der Waals surface area contributed by atoms with Gasteiger partial charge < -0.3 is 20.5 Å². The lowest BCUT2D eigenvalue weighted by Gasteiger charge is -2.11. The molecule has 3 N–H and O–H groups in total. The van der Waals surface area contributed by atoms with E-state index in [2.05, 4.69) is 16.7 Å². The van der Waals surface area contributed by atoms with Gasteiger partial charge >= 0.3 is 0 Å². The lowest BCUT2D eigenvalue weighted by molar-refractivity contribution is 0.292. The third kappa shape index (κ3) is 9.08. The predicted octanol–water partition coefficient (Wildman–Crippen LogP) is 1.60. The summed E-state index contributed by atoms with van der Waals surface area (Å²) < 4.78 is 5.54. The Labute approximate surface area is 127 Å². The summed E-state index contributed by atoms with van der Waals surface area (Å²) in [6.45, 7) is 6.05. The molecule has 0 heterocycles. The summed E-state index contributed by atoms with van der Waals surface area (Å²) >= 11 is 0. The molecule has 0 atom stereocenters. The summed E-state index contributed by atoms with van der Waals surface area (Å²) in [6.07, 6.45) is 0. The molecule has 1 aromatic rings. The zero-order valence-corrected chi connectivity index (χ0v) is 12.9.